The number of fused-ring (bicyclic) bond motifs is 1. The summed E-state index contributed by atoms with van der Waals surface area (Å²) in [6.45, 7) is 0.475. The highest BCUT2D eigenvalue weighted by Crippen LogP contribution is 2.48. The Morgan fingerprint density at radius 2 is 1.94 bits per heavy atom. The predicted octanol–water partition coefficient (Wildman–Crippen LogP) is 4.79. The third-order valence-corrected chi connectivity index (χ3v) is 5.70. The van der Waals surface area contributed by atoms with Gasteiger partial charge in [0, 0.05) is 29.4 Å². The Morgan fingerprint density at radius 1 is 1.06 bits per heavy atom. The van der Waals surface area contributed by atoms with E-state index in [0.717, 1.165) is 23.3 Å². The van der Waals surface area contributed by atoms with Crippen LogP contribution in [0.15, 0.2) is 61.2 Å². The zero-order valence-electron chi connectivity index (χ0n) is 16.3. The first-order chi connectivity index (χ1) is 15.0. The van der Waals surface area contributed by atoms with Gasteiger partial charge in [-0.15, -0.1) is 0 Å². The fourth-order valence-electron chi connectivity index (χ4n) is 3.62. The maximum absolute atomic E-state index is 12.6. The Kier molecular flexibility index (Phi) is 5.21. The number of nitrogens with one attached hydrogen (secondary N) is 2. The number of anilines is 2. The highest BCUT2D eigenvalue weighted by atomic mass is 35.5. The molecule has 4 aromatic rings. The van der Waals surface area contributed by atoms with Crippen molar-refractivity contribution in [1.82, 2.24) is 19.4 Å². The number of hydrogen-bond donors (Lipinski definition) is 2. The van der Waals surface area contributed by atoms with E-state index < -0.39 is 0 Å². The Bertz CT molecular complexity index is 1270. The Labute approximate surface area is 188 Å². The molecule has 5 rings (SSSR count). The van der Waals surface area contributed by atoms with Crippen LogP contribution in [0.25, 0.3) is 5.65 Å². The van der Waals surface area contributed by atoms with Crippen LogP contribution in [0.5, 0.6) is 0 Å². The SMILES string of the molecule is O=C(Nc1cc(NCc2cn3cc(Cl)ccc3n2)ncn1)[C@H]1CC1c1cccc(Cl)c1. The standard InChI is InChI=1S/C22H18Cl2N6O/c23-14-3-1-2-13(6-14)17-7-18(17)22(31)29-20-8-19(26-12-27-20)25-9-16-11-30-10-15(24)4-5-21(30)28-16/h1-6,8,10-12,17-18H,7,9H2,(H2,25,26,27,29,31)/t17?,18-/m0/s1. The van der Waals surface area contributed by atoms with Crippen molar-refractivity contribution in [2.45, 2.75) is 18.9 Å². The molecule has 0 saturated heterocycles. The molecular weight excluding hydrogens is 435 g/mol. The lowest BCUT2D eigenvalue weighted by molar-refractivity contribution is -0.117. The largest absolute Gasteiger partial charge is 0.364 e. The van der Waals surface area contributed by atoms with E-state index >= 15 is 0 Å². The van der Waals surface area contributed by atoms with Gasteiger partial charge in [-0.1, -0.05) is 35.3 Å². The van der Waals surface area contributed by atoms with Crippen LogP contribution in [0.4, 0.5) is 11.6 Å². The molecule has 1 amide bonds. The Balaban J connectivity index is 1.20. The molecule has 2 atom stereocenters. The smallest absolute Gasteiger partial charge is 0.229 e. The number of rotatable bonds is 6. The molecule has 156 valence electrons. The summed E-state index contributed by atoms with van der Waals surface area (Å²) in [5.41, 5.74) is 2.75. The van der Waals surface area contributed by atoms with Crippen molar-refractivity contribution < 1.29 is 4.79 Å². The normalized spacial score (nSPS) is 17.5. The van der Waals surface area contributed by atoms with E-state index in [4.69, 9.17) is 23.2 Å². The number of amides is 1. The average Bonchev–Trinajstić information content (AvgIpc) is 3.46. The van der Waals surface area contributed by atoms with Crippen molar-refractivity contribution in [3.8, 4) is 0 Å². The minimum Gasteiger partial charge on any atom is -0.364 e. The number of hydrogen-bond acceptors (Lipinski definition) is 5. The van der Waals surface area contributed by atoms with Crippen molar-refractivity contribution >= 4 is 46.4 Å². The summed E-state index contributed by atoms with van der Waals surface area (Å²) in [5.74, 6) is 1.13. The zero-order valence-corrected chi connectivity index (χ0v) is 17.8. The lowest BCUT2D eigenvalue weighted by Gasteiger charge is -2.07. The number of carbonyl (C=O) groups excluding carboxylic acids is 1. The van der Waals surface area contributed by atoms with Crippen LogP contribution in [0.2, 0.25) is 10.0 Å². The topological polar surface area (TPSA) is 84.2 Å². The zero-order chi connectivity index (χ0) is 21.4. The van der Waals surface area contributed by atoms with Crippen LogP contribution in [-0.2, 0) is 11.3 Å². The number of halogens is 2. The molecule has 1 aliphatic carbocycles. The second kappa shape index (κ2) is 8.17. The summed E-state index contributed by atoms with van der Waals surface area (Å²) >= 11 is 12.1. The molecule has 3 heterocycles. The molecule has 2 N–H and O–H groups in total. The molecule has 1 saturated carbocycles. The molecular formula is C22H18Cl2N6O. The lowest BCUT2D eigenvalue weighted by atomic mass is 10.1. The minimum atomic E-state index is -0.0744. The third-order valence-electron chi connectivity index (χ3n) is 5.24. The van der Waals surface area contributed by atoms with Gasteiger partial charge in [0.2, 0.25) is 5.91 Å². The molecule has 31 heavy (non-hydrogen) atoms. The second-order valence-corrected chi connectivity index (χ2v) is 8.35. The molecule has 7 nitrogen and oxygen atoms in total. The van der Waals surface area contributed by atoms with Crippen molar-refractivity contribution in [2.24, 2.45) is 5.92 Å². The molecule has 1 aliphatic rings. The number of benzene rings is 1. The van der Waals surface area contributed by atoms with Gasteiger partial charge in [0.15, 0.2) is 0 Å². The maximum Gasteiger partial charge on any atom is 0.229 e. The summed E-state index contributed by atoms with van der Waals surface area (Å²) in [5, 5.41) is 7.43. The minimum absolute atomic E-state index is 0.0492. The fourth-order valence-corrected chi connectivity index (χ4v) is 3.98. The van der Waals surface area contributed by atoms with Crippen molar-refractivity contribution in [3.63, 3.8) is 0 Å². The van der Waals surface area contributed by atoms with Gasteiger partial charge in [-0.3, -0.25) is 4.79 Å². The van der Waals surface area contributed by atoms with E-state index in [1.54, 1.807) is 18.3 Å². The van der Waals surface area contributed by atoms with Gasteiger partial charge in [-0.2, -0.15) is 0 Å². The van der Waals surface area contributed by atoms with E-state index in [9.17, 15) is 4.79 Å². The fraction of sp³-hybridized carbons (Fsp3) is 0.182. The van der Waals surface area contributed by atoms with E-state index in [0.29, 0.717) is 28.2 Å². The molecule has 1 fully saturated rings. The summed E-state index contributed by atoms with van der Waals surface area (Å²) in [6, 6.07) is 13.0. The van der Waals surface area contributed by atoms with E-state index in [1.165, 1.54) is 6.33 Å². The van der Waals surface area contributed by atoms with Gasteiger partial charge in [0.25, 0.3) is 0 Å². The molecule has 1 unspecified atom stereocenters. The van der Waals surface area contributed by atoms with Gasteiger partial charge < -0.3 is 15.0 Å². The van der Waals surface area contributed by atoms with Crippen LogP contribution in [0.3, 0.4) is 0 Å². The summed E-state index contributed by atoms with van der Waals surface area (Å²) < 4.78 is 1.87. The van der Waals surface area contributed by atoms with Gasteiger partial charge >= 0.3 is 0 Å². The van der Waals surface area contributed by atoms with Crippen LogP contribution >= 0.6 is 23.2 Å². The van der Waals surface area contributed by atoms with Crippen LogP contribution in [-0.4, -0.2) is 25.3 Å². The quantitative estimate of drug-likeness (QED) is 0.439. The van der Waals surface area contributed by atoms with E-state index in [2.05, 4.69) is 25.6 Å². The van der Waals surface area contributed by atoms with Gasteiger partial charge in [0.1, 0.15) is 23.6 Å². The molecule has 9 heteroatoms. The molecule has 0 spiro atoms. The van der Waals surface area contributed by atoms with Crippen LogP contribution < -0.4 is 10.6 Å². The molecule has 1 aromatic carbocycles. The molecule has 0 radical (unpaired) electrons. The number of nitrogens with zero attached hydrogens (tertiary/aromatic N) is 4. The lowest BCUT2D eigenvalue weighted by Crippen LogP contribution is -2.16. The van der Waals surface area contributed by atoms with Crippen molar-refractivity contribution in [2.75, 3.05) is 10.6 Å². The second-order valence-electron chi connectivity index (χ2n) is 7.48. The number of carbonyl (C=O) groups is 1. The maximum atomic E-state index is 12.6. The van der Waals surface area contributed by atoms with E-state index in [1.807, 2.05) is 40.9 Å². The number of aromatic nitrogens is 4. The summed E-state index contributed by atoms with van der Waals surface area (Å²) in [4.78, 5) is 25.5. The first kappa shape index (κ1) is 19.8. The average molecular weight is 453 g/mol. The predicted molar refractivity (Wildman–Crippen MR) is 120 cm³/mol. The molecule has 3 aromatic heterocycles. The molecule has 0 aliphatic heterocycles. The summed E-state index contributed by atoms with van der Waals surface area (Å²) in [6.07, 6.45) is 5.93. The van der Waals surface area contributed by atoms with Crippen LogP contribution in [0, 0.1) is 5.92 Å². The molecule has 0 bridgehead atoms. The van der Waals surface area contributed by atoms with Gasteiger partial charge in [-0.25, -0.2) is 15.0 Å². The summed E-state index contributed by atoms with van der Waals surface area (Å²) in [7, 11) is 0. The highest BCUT2D eigenvalue weighted by molar-refractivity contribution is 6.30. The Morgan fingerprint density at radius 3 is 2.81 bits per heavy atom. The highest BCUT2D eigenvalue weighted by Gasteiger charge is 2.44. The van der Waals surface area contributed by atoms with Crippen molar-refractivity contribution in [1.29, 1.82) is 0 Å². The van der Waals surface area contributed by atoms with Crippen LogP contribution in [0.1, 0.15) is 23.6 Å². The van der Waals surface area contributed by atoms with Gasteiger partial charge in [0.05, 0.1) is 17.3 Å². The number of imidazole rings is 1. The number of pyridine rings is 1. The monoisotopic (exact) mass is 452 g/mol. The van der Waals surface area contributed by atoms with Gasteiger partial charge in [-0.05, 0) is 42.2 Å². The van der Waals surface area contributed by atoms with Crippen molar-refractivity contribution in [3.05, 3.63) is 82.5 Å². The first-order valence-corrected chi connectivity index (χ1v) is 10.6. The third kappa shape index (κ3) is 4.47. The Hall–Kier alpha value is -3.16. The van der Waals surface area contributed by atoms with E-state index in [-0.39, 0.29) is 17.7 Å². The first-order valence-electron chi connectivity index (χ1n) is 9.80.